The van der Waals surface area contributed by atoms with E-state index < -0.39 is 0 Å². The van der Waals surface area contributed by atoms with E-state index in [1.807, 2.05) is 30.0 Å². The van der Waals surface area contributed by atoms with Gasteiger partial charge in [0.1, 0.15) is 11.5 Å². The van der Waals surface area contributed by atoms with E-state index in [1.54, 1.807) is 18.3 Å². The maximum Gasteiger partial charge on any atom is 0.279 e. The second-order valence-electron chi connectivity index (χ2n) is 8.78. The number of nitrogens with one attached hydrogen (secondary N) is 1. The summed E-state index contributed by atoms with van der Waals surface area (Å²) < 4.78 is 11.6. The molecule has 2 aromatic rings. The third kappa shape index (κ3) is 7.46. The lowest BCUT2D eigenvalue weighted by molar-refractivity contribution is -0.128. The SMILES string of the molecule is C[C@@H](C=Cc1cnc(Oc2ccc(OCC3CC3)cc2Cl)s1)NC(=O)CCCN1CCCC1=O. The largest absolute Gasteiger partial charge is 0.493 e. The van der Waals surface area contributed by atoms with Crippen molar-refractivity contribution in [3.63, 3.8) is 0 Å². The number of thiazole rings is 1. The molecule has 182 valence electrons. The van der Waals surface area contributed by atoms with Gasteiger partial charge in [0.05, 0.1) is 16.5 Å². The van der Waals surface area contributed by atoms with Crippen LogP contribution in [0.5, 0.6) is 16.7 Å². The van der Waals surface area contributed by atoms with Gasteiger partial charge in [-0.2, -0.15) is 0 Å². The van der Waals surface area contributed by atoms with Gasteiger partial charge in [-0.05, 0) is 56.7 Å². The van der Waals surface area contributed by atoms with Gasteiger partial charge in [-0.1, -0.05) is 29.0 Å². The molecule has 1 aromatic carbocycles. The van der Waals surface area contributed by atoms with Crippen molar-refractivity contribution >= 4 is 40.8 Å². The lowest BCUT2D eigenvalue weighted by Gasteiger charge is -2.15. The van der Waals surface area contributed by atoms with E-state index >= 15 is 0 Å². The normalized spacial score (nSPS) is 16.8. The van der Waals surface area contributed by atoms with Crippen molar-refractivity contribution in [1.82, 2.24) is 15.2 Å². The smallest absolute Gasteiger partial charge is 0.279 e. The molecule has 4 rings (SSSR count). The zero-order chi connectivity index (χ0) is 23.9. The van der Waals surface area contributed by atoms with Crippen molar-refractivity contribution < 1.29 is 19.1 Å². The number of likely N-dealkylation sites (tertiary alicyclic amines) is 1. The van der Waals surface area contributed by atoms with Gasteiger partial charge in [0, 0.05) is 44.2 Å². The fraction of sp³-hybridized carbons (Fsp3) is 0.480. The predicted octanol–water partition coefficient (Wildman–Crippen LogP) is 5.30. The first kappa shape index (κ1) is 24.5. The molecule has 1 N–H and O–H groups in total. The van der Waals surface area contributed by atoms with Gasteiger partial charge in [-0.25, -0.2) is 4.98 Å². The van der Waals surface area contributed by atoms with E-state index in [0.29, 0.717) is 47.7 Å². The molecule has 0 bridgehead atoms. The average Bonchev–Trinajstić information content (AvgIpc) is 3.39. The monoisotopic (exact) mass is 503 g/mol. The number of amides is 2. The second kappa shape index (κ2) is 11.7. The zero-order valence-corrected chi connectivity index (χ0v) is 20.9. The minimum atomic E-state index is -0.120. The first-order valence-electron chi connectivity index (χ1n) is 11.8. The van der Waals surface area contributed by atoms with Crippen LogP contribution in [0.2, 0.25) is 5.02 Å². The molecule has 1 atom stereocenters. The molecule has 2 heterocycles. The molecule has 0 radical (unpaired) electrons. The van der Waals surface area contributed by atoms with Crippen LogP contribution in [-0.2, 0) is 9.59 Å². The summed E-state index contributed by atoms with van der Waals surface area (Å²) in [4.78, 5) is 30.8. The van der Waals surface area contributed by atoms with Gasteiger partial charge in [-0.15, -0.1) is 0 Å². The fourth-order valence-electron chi connectivity index (χ4n) is 3.63. The molecule has 2 fully saturated rings. The molecule has 7 nitrogen and oxygen atoms in total. The molecule has 34 heavy (non-hydrogen) atoms. The highest BCUT2D eigenvalue weighted by atomic mass is 35.5. The molecule has 1 saturated carbocycles. The molecule has 1 aliphatic heterocycles. The van der Waals surface area contributed by atoms with E-state index in [0.717, 1.165) is 30.2 Å². The lowest BCUT2D eigenvalue weighted by atomic mass is 10.2. The molecule has 2 amide bonds. The molecule has 1 saturated heterocycles. The van der Waals surface area contributed by atoms with E-state index in [4.69, 9.17) is 21.1 Å². The average molecular weight is 504 g/mol. The summed E-state index contributed by atoms with van der Waals surface area (Å²) in [6.07, 6.45) is 10.7. The summed E-state index contributed by atoms with van der Waals surface area (Å²) in [5.41, 5.74) is 0. The summed E-state index contributed by atoms with van der Waals surface area (Å²) in [5.74, 6) is 2.13. The van der Waals surface area contributed by atoms with E-state index in [9.17, 15) is 9.59 Å². The van der Waals surface area contributed by atoms with Crippen LogP contribution in [0.25, 0.3) is 6.08 Å². The molecule has 1 aliphatic carbocycles. The summed E-state index contributed by atoms with van der Waals surface area (Å²) in [6.45, 7) is 4.12. The Morgan fingerprint density at radius 2 is 2.26 bits per heavy atom. The fourth-order valence-corrected chi connectivity index (χ4v) is 4.52. The van der Waals surface area contributed by atoms with Crippen molar-refractivity contribution in [2.45, 2.75) is 51.5 Å². The molecule has 0 unspecified atom stereocenters. The first-order chi connectivity index (χ1) is 16.5. The third-order valence-corrected chi connectivity index (χ3v) is 6.86. The number of rotatable bonds is 12. The number of nitrogens with zero attached hydrogens (tertiary/aromatic N) is 2. The Morgan fingerprint density at radius 3 is 3.00 bits per heavy atom. The Kier molecular flexibility index (Phi) is 8.45. The topological polar surface area (TPSA) is 80.8 Å². The minimum Gasteiger partial charge on any atom is -0.493 e. The highest BCUT2D eigenvalue weighted by molar-refractivity contribution is 7.14. The van der Waals surface area contributed by atoms with E-state index in [-0.39, 0.29) is 17.9 Å². The van der Waals surface area contributed by atoms with Crippen LogP contribution in [0.3, 0.4) is 0 Å². The Hall–Kier alpha value is -2.58. The molecular formula is C25H30ClN3O4S. The quantitative estimate of drug-likeness (QED) is 0.425. The number of hydrogen-bond acceptors (Lipinski definition) is 6. The summed E-state index contributed by atoms with van der Waals surface area (Å²) in [7, 11) is 0. The number of hydrogen-bond donors (Lipinski definition) is 1. The van der Waals surface area contributed by atoms with Gasteiger partial charge in [0.2, 0.25) is 11.8 Å². The first-order valence-corrected chi connectivity index (χ1v) is 13.0. The van der Waals surface area contributed by atoms with Gasteiger partial charge >= 0.3 is 0 Å². The van der Waals surface area contributed by atoms with Crippen LogP contribution in [0.4, 0.5) is 0 Å². The van der Waals surface area contributed by atoms with Crippen LogP contribution in [-0.4, -0.2) is 47.4 Å². The minimum absolute atomic E-state index is 0.0173. The predicted molar refractivity (Wildman–Crippen MR) is 134 cm³/mol. The van der Waals surface area contributed by atoms with Crippen molar-refractivity contribution in [1.29, 1.82) is 0 Å². The lowest BCUT2D eigenvalue weighted by Crippen LogP contribution is -2.32. The van der Waals surface area contributed by atoms with Crippen molar-refractivity contribution in [3.05, 3.63) is 40.4 Å². The van der Waals surface area contributed by atoms with Crippen LogP contribution in [0, 0.1) is 5.92 Å². The van der Waals surface area contributed by atoms with Crippen LogP contribution < -0.4 is 14.8 Å². The maximum absolute atomic E-state index is 12.2. The van der Waals surface area contributed by atoms with Crippen LogP contribution in [0.15, 0.2) is 30.5 Å². The number of carbonyl (C=O) groups excluding carboxylic acids is 2. The van der Waals surface area contributed by atoms with Gasteiger partial charge in [-0.3, -0.25) is 9.59 Å². The van der Waals surface area contributed by atoms with Gasteiger partial charge < -0.3 is 19.7 Å². The molecule has 2 aliphatic rings. The van der Waals surface area contributed by atoms with Crippen molar-refractivity contribution in [2.75, 3.05) is 19.7 Å². The van der Waals surface area contributed by atoms with Crippen LogP contribution >= 0.6 is 22.9 Å². The number of benzene rings is 1. The van der Waals surface area contributed by atoms with E-state index in [2.05, 4.69) is 10.3 Å². The molecule has 1 aromatic heterocycles. The Balaban J connectivity index is 1.20. The zero-order valence-electron chi connectivity index (χ0n) is 19.3. The highest BCUT2D eigenvalue weighted by Gasteiger charge is 2.22. The van der Waals surface area contributed by atoms with Gasteiger partial charge in [0.15, 0.2) is 0 Å². The Labute approximate surface area is 209 Å². The summed E-state index contributed by atoms with van der Waals surface area (Å²) in [5, 5.41) is 3.93. The molecular weight excluding hydrogens is 474 g/mol. The Morgan fingerprint density at radius 1 is 1.41 bits per heavy atom. The second-order valence-corrected chi connectivity index (χ2v) is 10.2. The van der Waals surface area contributed by atoms with Crippen molar-refractivity contribution in [2.24, 2.45) is 5.92 Å². The number of ether oxygens (including phenoxy) is 2. The third-order valence-electron chi connectivity index (χ3n) is 5.73. The van der Waals surface area contributed by atoms with Crippen molar-refractivity contribution in [3.8, 4) is 16.7 Å². The highest BCUT2D eigenvalue weighted by Crippen LogP contribution is 2.35. The number of aromatic nitrogens is 1. The Bertz CT molecular complexity index is 1040. The van der Waals surface area contributed by atoms with Crippen LogP contribution in [0.1, 0.15) is 50.3 Å². The standard InChI is InChI=1S/C25H30ClN3O4S/c1-17(28-23(30)4-2-12-29-13-3-5-24(29)31)6-10-20-15-27-25(34-20)33-22-11-9-19(14-21(22)26)32-16-18-7-8-18/h6,9-11,14-15,17-18H,2-5,7-8,12-13,16H2,1H3,(H,28,30)/t17-/m0/s1. The number of halogens is 1. The van der Waals surface area contributed by atoms with Gasteiger partial charge in [0.25, 0.3) is 5.19 Å². The summed E-state index contributed by atoms with van der Waals surface area (Å²) in [6, 6.07) is 5.29. The maximum atomic E-state index is 12.2. The molecule has 0 spiro atoms. The summed E-state index contributed by atoms with van der Waals surface area (Å²) >= 11 is 7.74. The van der Waals surface area contributed by atoms with E-state index in [1.165, 1.54) is 24.2 Å². The molecule has 9 heteroatoms. The number of carbonyl (C=O) groups is 2.